The predicted octanol–water partition coefficient (Wildman–Crippen LogP) is 3.40. The Kier molecular flexibility index (Phi) is 4.61. The summed E-state index contributed by atoms with van der Waals surface area (Å²) in [4.78, 5) is 0. The van der Waals surface area contributed by atoms with E-state index in [0.29, 0.717) is 0 Å². The fourth-order valence-corrected chi connectivity index (χ4v) is 4.17. The smallest absolute Gasteiger partial charge is 0.126 e. The number of benzene rings is 2. The molecule has 0 heterocycles. The summed E-state index contributed by atoms with van der Waals surface area (Å²) in [5.41, 5.74) is 0. The Morgan fingerprint density at radius 1 is 0.632 bits per heavy atom. The first-order chi connectivity index (χ1) is 9.09. The SMILES string of the molecule is C[Si](C)c1ccccc1Oc1ccccc1[Si](C)C. The van der Waals surface area contributed by atoms with Crippen LogP contribution in [0, 0.1) is 0 Å². The largest absolute Gasteiger partial charge is 0.458 e. The van der Waals surface area contributed by atoms with E-state index in [1.807, 2.05) is 0 Å². The summed E-state index contributed by atoms with van der Waals surface area (Å²) < 4.78 is 6.21. The van der Waals surface area contributed by atoms with Crippen LogP contribution in [0.2, 0.25) is 26.2 Å². The van der Waals surface area contributed by atoms with Crippen LogP contribution in [-0.2, 0) is 0 Å². The lowest BCUT2D eigenvalue weighted by Gasteiger charge is -2.16. The molecule has 0 aliphatic heterocycles. The van der Waals surface area contributed by atoms with Gasteiger partial charge in [0.1, 0.15) is 11.5 Å². The zero-order chi connectivity index (χ0) is 13.8. The maximum atomic E-state index is 6.21. The average Bonchev–Trinajstić information content (AvgIpc) is 2.39. The van der Waals surface area contributed by atoms with E-state index in [1.54, 1.807) is 0 Å². The van der Waals surface area contributed by atoms with Gasteiger partial charge in [0.05, 0.1) is 17.6 Å². The van der Waals surface area contributed by atoms with Crippen LogP contribution in [0.4, 0.5) is 0 Å². The Hall–Kier alpha value is -1.33. The van der Waals surface area contributed by atoms with Gasteiger partial charge in [-0.05, 0) is 22.5 Å². The van der Waals surface area contributed by atoms with E-state index < -0.39 is 17.6 Å². The first-order valence-electron chi connectivity index (χ1n) is 6.56. The van der Waals surface area contributed by atoms with Gasteiger partial charge in [0.25, 0.3) is 0 Å². The first kappa shape index (κ1) is 14.1. The molecule has 98 valence electrons. The van der Waals surface area contributed by atoms with Crippen molar-refractivity contribution in [2.24, 2.45) is 0 Å². The van der Waals surface area contributed by atoms with Gasteiger partial charge in [0.15, 0.2) is 0 Å². The molecule has 19 heavy (non-hydrogen) atoms. The van der Waals surface area contributed by atoms with Gasteiger partial charge in [-0.1, -0.05) is 62.6 Å². The molecule has 0 unspecified atom stereocenters. The number of hydrogen-bond donors (Lipinski definition) is 0. The maximum Gasteiger partial charge on any atom is 0.126 e. The van der Waals surface area contributed by atoms with Crippen LogP contribution >= 0.6 is 0 Å². The number of rotatable bonds is 4. The van der Waals surface area contributed by atoms with Crippen molar-refractivity contribution in [3.05, 3.63) is 48.5 Å². The molecule has 0 bridgehead atoms. The van der Waals surface area contributed by atoms with Gasteiger partial charge in [0.2, 0.25) is 0 Å². The molecule has 0 spiro atoms. The fourth-order valence-electron chi connectivity index (χ4n) is 2.06. The summed E-state index contributed by atoms with van der Waals surface area (Å²) in [6.45, 7) is 9.20. The summed E-state index contributed by atoms with van der Waals surface area (Å²) in [5, 5.41) is 2.73. The molecule has 0 N–H and O–H groups in total. The molecule has 2 radical (unpaired) electrons. The average molecular weight is 285 g/mol. The monoisotopic (exact) mass is 284 g/mol. The van der Waals surface area contributed by atoms with E-state index in [-0.39, 0.29) is 0 Å². The van der Waals surface area contributed by atoms with Crippen LogP contribution in [-0.4, -0.2) is 17.6 Å². The maximum absolute atomic E-state index is 6.21. The topological polar surface area (TPSA) is 9.23 Å². The van der Waals surface area contributed by atoms with E-state index in [2.05, 4.69) is 74.7 Å². The molecule has 0 saturated heterocycles. The van der Waals surface area contributed by atoms with Gasteiger partial charge in [-0.15, -0.1) is 0 Å². The standard InChI is InChI=1S/C16H20OSi2/c1-18(2)15-11-7-5-9-13(15)17-14-10-6-8-12-16(14)19(3)4/h5-12H,1-4H3. The highest BCUT2D eigenvalue weighted by atomic mass is 28.3. The van der Waals surface area contributed by atoms with Gasteiger partial charge < -0.3 is 4.74 Å². The molecule has 2 rings (SSSR count). The van der Waals surface area contributed by atoms with E-state index in [0.717, 1.165) is 11.5 Å². The van der Waals surface area contributed by atoms with Crippen LogP contribution in [0.5, 0.6) is 11.5 Å². The van der Waals surface area contributed by atoms with E-state index >= 15 is 0 Å². The van der Waals surface area contributed by atoms with E-state index in [1.165, 1.54) is 10.4 Å². The molecular weight excluding hydrogens is 264 g/mol. The molecule has 2 aromatic carbocycles. The van der Waals surface area contributed by atoms with Crippen molar-refractivity contribution >= 4 is 28.0 Å². The van der Waals surface area contributed by atoms with Gasteiger partial charge in [-0.3, -0.25) is 0 Å². The lowest BCUT2D eigenvalue weighted by molar-refractivity contribution is 0.490. The van der Waals surface area contributed by atoms with Gasteiger partial charge >= 0.3 is 0 Å². The Labute approximate surface area is 119 Å². The summed E-state index contributed by atoms with van der Waals surface area (Å²) >= 11 is 0. The first-order valence-corrected chi connectivity index (χ1v) is 11.6. The third-order valence-corrected chi connectivity index (χ3v) is 6.05. The Morgan fingerprint density at radius 2 is 1.00 bits per heavy atom. The molecule has 0 saturated carbocycles. The number of ether oxygens (including phenoxy) is 1. The van der Waals surface area contributed by atoms with Crippen molar-refractivity contribution in [2.45, 2.75) is 26.2 Å². The van der Waals surface area contributed by atoms with Crippen molar-refractivity contribution in [1.29, 1.82) is 0 Å². The minimum atomic E-state index is -0.510. The molecule has 1 nitrogen and oxygen atoms in total. The second kappa shape index (κ2) is 6.21. The predicted molar refractivity (Wildman–Crippen MR) is 87.2 cm³/mol. The van der Waals surface area contributed by atoms with Crippen LogP contribution in [0.3, 0.4) is 0 Å². The molecule has 0 fully saturated rings. The van der Waals surface area contributed by atoms with Gasteiger partial charge in [-0.25, -0.2) is 0 Å². The number of hydrogen-bond acceptors (Lipinski definition) is 1. The van der Waals surface area contributed by atoms with Crippen molar-refractivity contribution < 1.29 is 4.74 Å². The second-order valence-electron chi connectivity index (χ2n) is 5.09. The normalized spacial score (nSPS) is 11.1. The Balaban J connectivity index is 2.37. The summed E-state index contributed by atoms with van der Waals surface area (Å²) in [6.07, 6.45) is 0. The zero-order valence-corrected chi connectivity index (χ0v) is 14.0. The van der Waals surface area contributed by atoms with Crippen LogP contribution in [0.25, 0.3) is 0 Å². The second-order valence-corrected chi connectivity index (χ2v) is 10.2. The number of para-hydroxylation sites is 2. The molecule has 3 heteroatoms. The van der Waals surface area contributed by atoms with Crippen molar-refractivity contribution in [2.75, 3.05) is 0 Å². The Morgan fingerprint density at radius 3 is 1.37 bits per heavy atom. The van der Waals surface area contributed by atoms with Crippen LogP contribution < -0.4 is 15.1 Å². The summed E-state index contributed by atoms with van der Waals surface area (Å²) in [5.74, 6) is 2.05. The third kappa shape index (κ3) is 3.36. The molecular formula is C16H20OSi2. The van der Waals surface area contributed by atoms with Crippen LogP contribution in [0.15, 0.2) is 48.5 Å². The highest BCUT2D eigenvalue weighted by Crippen LogP contribution is 2.19. The van der Waals surface area contributed by atoms with Crippen LogP contribution in [0.1, 0.15) is 0 Å². The molecule has 0 amide bonds. The molecule has 0 atom stereocenters. The molecule has 0 aliphatic rings. The van der Waals surface area contributed by atoms with E-state index in [4.69, 9.17) is 4.74 Å². The van der Waals surface area contributed by atoms with Gasteiger partial charge in [0, 0.05) is 0 Å². The van der Waals surface area contributed by atoms with Crippen molar-refractivity contribution in [3.63, 3.8) is 0 Å². The fraction of sp³-hybridized carbons (Fsp3) is 0.250. The van der Waals surface area contributed by atoms with Crippen molar-refractivity contribution in [1.82, 2.24) is 0 Å². The van der Waals surface area contributed by atoms with E-state index in [9.17, 15) is 0 Å². The quantitative estimate of drug-likeness (QED) is 0.782. The Bertz CT molecular complexity index is 500. The minimum absolute atomic E-state index is 0.510. The highest BCUT2D eigenvalue weighted by Gasteiger charge is 2.12. The summed E-state index contributed by atoms with van der Waals surface area (Å²) in [7, 11) is -1.02. The molecule has 0 aromatic heterocycles. The lowest BCUT2D eigenvalue weighted by atomic mass is 10.3. The highest BCUT2D eigenvalue weighted by molar-refractivity contribution is 6.72. The lowest BCUT2D eigenvalue weighted by Crippen LogP contribution is -2.27. The summed E-state index contributed by atoms with van der Waals surface area (Å²) in [6, 6.07) is 16.8. The van der Waals surface area contributed by atoms with Gasteiger partial charge in [-0.2, -0.15) is 0 Å². The van der Waals surface area contributed by atoms with Crippen molar-refractivity contribution in [3.8, 4) is 11.5 Å². The minimum Gasteiger partial charge on any atom is -0.458 e. The zero-order valence-electron chi connectivity index (χ0n) is 12.0. The molecule has 0 aliphatic carbocycles. The third-order valence-electron chi connectivity index (χ3n) is 3.07. The molecule has 2 aromatic rings.